The Morgan fingerprint density at radius 1 is 0.643 bits per heavy atom. The van der Waals surface area contributed by atoms with Crippen molar-refractivity contribution in [3.05, 3.63) is 0 Å². The van der Waals surface area contributed by atoms with Crippen molar-refractivity contribution in [1.29, 1.82) is 0 Å². The lowest BCUT2D eigenvalue weighted by atomic mass is 10.1. The summed E-state index contributed by atoms with van der Waals surface area (Å²) >= 11 is 0. The Morgan fingerprint density at radius 3 is 1.32 bits per heavy atom. The third-order valence-electron chi connectivity index (χ3n) is 5.13. The number of quaternary nitrogens is 1. The van der Waals surface area contributed by atoms with E-state index in [9.17, 15) is 8.42 Å². The molecule has 0 aromatic rings. The molecule has 0 spiro atoms. The fourth-order valence-corrected chi connectivity index (χ4v) is 3.84. The SMILES string of the molecule is CCCC[N+](CCCC)(CCCC)CCCC.CCCNCCCS(=O)(=O)O. The van der Waals surface area contributed by atoms with Crippen LogP contribution in [0.2, 0.25) is 0 Å². The summed E-state index contributed by atoms with van der Waals surface area (Å²) in [5.74, 6) is -0.149. The van der Waals surface area contributed by atoms with Gasteiger partial charge in [-0.25, -0.2) is 0 Å². The van der Waals surface area contributed by atoms with Crippen molar-refractivity contribution < 1.29 is 17.5 Å². The van der Waals surface area contributed by atoms with Crippen molar-refractivity contribution in [2.24, 2.45) is 0 Å². The molecule has 2 N–H and O–H groups in total. The first-order chi connectivity index (χ1) is 13.3. The molecule has 0 amide bonds. The first-order valence-corrected chi connectivity index (χ1v) is 13.4. The van der Waals surface area contributed by atoms with Crippen LogP contribution in [-0.4, -0.2) is 62.5 Å². The summed E-state index contributed by atoms with van der Waals surface area (Å²) < 4.78 is 30.1. The lowest BCUT2D eigenvalue weighted by molar-refractivity contribution is -0.929. The van der Waals surface area contributed by atoms with Gasteiger partial charge in [0, 0.05) is 0 Å². The number of nitrogens with zero attached hydrogens (tertiary/aromatic N) is 1. The van der Waals surface area contributed by atoms with Crippen LogP contribution in [-0.2, 0) is 10.1 Å². The highest BCUT2D eigenvalue weighted by atomic mass is 32.2. The standard InChI is InChI=1S/C16H36N.C6H15NO3S/c1-5-9-13-17(14-10-6-2,15-11-7-3)16-12-8-4;1-2-4-7-5-3-6-11(8,9)10/h5-16H2,1-4H3;7H,2-6H2,1H3,(H,8,9,10)/q+1;. The lowest BCUT2D eigenvalue weighted by Gasteiger charge is -2.39. The van der Waals surface area contributed by atoms with Gasteiger partial charge in [-0.05, 0) is 51.6 Å². The molecular formula is C22H51N2O3S+. The Morgan fingerprint density at radius 2 is 1.04 bits per heavy atom. The maximum absolute atomic E-state index is 10.2. The first-order valence-electron chi connectivity index (χ1n) is 11.8. The second-order valence-electron chi connectivity index (χ2n) is 8.04. The number of unbranched alkanes of at least 4 members (excludes halogenated alkanes) is 4. The lowest BCUT2D eigenvalue weighted by Crippen LogP contribution is -2.50. The molecule has 6 heteroatoms. The maximum atomic E-state index is 10.2. The molecule has 28 heavy (non-hydrogen) atoms. The quantitative estimate of drug-likeness (QED) is 0.179. The van der Waals surface area contributed by atoms with Gasteiger partial charge in [-0.3, -0.25) is 4.55 Å². The van der Waals surface area contributed by atoms with Gasteiger partial charge in [0.1, 0.15) is 0 Å². The van der Waals surface area contributed by atoms with E-state index >= 15 is 0 Å². The van der Waals surface area contributed by atoms with Crippen LogP contribution in [0.3, 0.4) is 0 Å². The van der Waals surface area contributed by atoms with Crippen LogP contribution < -0.4 is 5.32 Å². The Hall–Kier alpha value is -0.170. The summed E-state index contributed by atoms with van der Waals surface area (Å²) in [5.41, 5.74) is 0. The van der Waals surface area contributed by atoms with Crippen LogP contribution in [0.1, 0.15) is 98.8 Å². The van der Waals surface area contributed by atoms with E-state index in [4.69, 9.17) is 4.55 Å². The zero-order valence-corrected chi connectivity index (χ0v) is 20.5. The van der Waals surface area contributed by atoms with E-state index in [1.165, 1.54) is 82.0 Å². The number of nitrogens with one attached hydrogen (secondary N) is 1. The summed E-state index contributed by atoms with van der Waals surface area (Å²) in [4.78, 5) is 0. The van der Waals surface area contributed by atoms with Crippen molar-refractivity contribution in [2.45, 2.75) is 98.8 Å². The Kier molecular flexibility index (Phi) is 21.6. The minimum absolute atomic E-state index is 0.149. The van der Waals surface area contributed by atoms with Crippen molar-refractivity contribution in [1.82, 2.24) is 5.32 Å². The highest BCUT2D eigenvalue weighted by Crippen LogP contribution is 2.16. The van der Waals surface area contributed by atoms with Gasteiger partial charge in [-0.15, -0.1) is 0 Å². The van der Waals surface area contributed by atoms with E-state index in [2.05, 4.69) is 33.0 Å². The van der Waals surface area contributed by atoms with E-state index in [1.807, 2.05) is 6.92 Å². The number of hydrogen-bond donors (Lipinski definition) is 2. The predicted octanol–water partition coefficient (Wildman–Crippen LogP) is 5.27. The van der Waals surface area contributed by atoms with Crippen LogP contribution in [0, 0.1) is 0 Å². The molecule has 0 fully saturated rings. The Balaban J connectivity index is 0. The smallest absolute Gasteiger partial charge is 0.264 e. The van der Waals surface area contributed by atoms with Crippen molar-refractivity contribution in [3.63, 3.8) is 0 Å². The normalized spacial score (nSPS) is 11.9. The summed E-state index contributed by atoms with van der Waals surface area (Å²) in [6.07, 6.45) is 12.6. The molecular weight excluding hydrogens is 372 g/mol. The monoisotopic (exact) mass is 423 g/mol. The van der Waals surface area contributed by atoms with E-state index < -0.39 is 10.1 Å². The molecule has 0 atom stereocenters. The zero-order chi connectivity index (χ0) is 21.7. The van der Waals surface area contributed by atoms with E-state index in [0.717, 1.165) is 13.0 Å². The predicted molar refractivity (Wildman–Crippen MR) is 124 cm³/mol. The van der Waals surface area contributed by atoms with Crippen LogP contribution in [0.25, 0.3) is 0 Å². The van der Waals surface area contributed by atoms with Crippen LogP contribution in [0.15, 0.2) is 0 Å². The van der Waals surface area contributed by atoms with Crippen LogP contribution in [0.5, 0.6) is 0 Å². The molecule has 0 saturated heterocycles. The minimum atomic E-state index is -3.75. The summed E-state index contributed by atoms with van der Waals surface area (Å²) in [5, 5.41) is 3.03. The molecule has 0 unspecified atom stereocenters. The highest BCUT2D eigenvalue weighted by molar-refractivity contribution is 7.85. The van der Waals surface area contributed by atoms with Crippen molar-refractivity contribution >= 4 is 10.1 Å². The second-order valence-corrected chi connectivity index (χ2v) is 9.61. The highest BCUT2D eigenvalue weighted by Gasteiger charge is 2.24. The molecule has 0 aliphatic rings. The Labute approximate surface area is 177 Å². The second kappa shape index (κ2) is 20.1. The maximum Gasteiger partial charge on any atom is 0.264 e. The third kappa shape index (κ3) is 20.6. The van der Waals surface area contributed by atoms with Gasteiger partial charge in [-0.2, -0.15) is 8.42 Å². The molecule has 0 aliphatic heterocycles. The Bertz CT molecular complexity index is 376. The van der Waals surface area contributed by atoms with Gasteiger partial charge in [0.2, 0.25) is 0 Å². The fourth-order valence-electron chi connectivity index (χ4n) is 3.33. The molecule has 0 heterocycles. The molecule has 172 valence electrons. The summed E-state index contributed by atoms with van der Waals surface area (Å²) in [6, 6.07) is 0. The average Bonchev–Trinajstić information content (AvgIpc) is 2.66. The fraction of sp³-hybridized carbons (Fsp3) is 1.00. The molecule has 5 nitrogen and oxygen atoms in total. The zero-order valence-electron chi connectivity index (χ0n) is 19.6. The van der Waals surface area contributed by atoms with Gasteiger partial charge in [0.15, 0.2) is 0 Å². The molecule has 0 aromatic carbocycles. The summed E-state index contributed by atoms with van der Waals surface area (Å²) in [7, 11) is -3.75. The van der Waals surface area contributed by atoms with Gasteiger partial charge in [-0.1, -0.05) is 60.3 Å². The average molecular weight is 424 g/mol. The minimum Gasteiger partial charge on any atom is -0.324 e. The molecule has 0 saturated carbocycles. The molecule has 0 rings (SSSR count). The van der Waals surface area contributed by atoms with E-state index in [0.29, 0.717) is 13.0 Å². The van der Waals surface area contributed by atoms with Gasteiger partial charge >= 0.3 is 0 Å². The number of hydrogen-bond acceptors (Lipinski definition) is 3. The van der Waals surface area contributed by atoms with E-state index in [-0.39, 0.29) is 5.75 Å². The van der Waals surface area contributed by atoms with Crippen molar-refractivity contribution in [2.75, 3.05) is 45.0 Å². The topological polar surface area (TPSA) is 66.4 Å². The summed E-state index contributed by atoms with van der Waals surface area (Å²) in [6.45, 7) is 18.6. The largest absolute Gasteiger partial charge is 0.324 e. The molecule has 0 bridgehead atoms. The first kappa shape index (κ1) is 30.0. The molecule has 0 radical (unpaired) electrons. The van der Waals surface area contributed by atoms with Gasteiger partial charge in [0.25, 0.3) is 10.1 Å². The van der Waals surface area contributed by atoms with E-state index in [1.54, 1.807) is 0 Å². The van der Waals surface area contributed by atoms with Crippen LogP contribution in [0.4, 0.5) is 0 Å². The molecule has 0 aromatic heterocycles. The molecule has 0 aliphatic carbocycles. The van der Waals surface area contributed by atoms with Crippen LogP contribution >= 0.6 is 0 Å². The van der Waals surface area contributed by atoms with Gasteiger partial charge < -0.3 is 9.80 Å². The van der Waals surface area contributed by atoms with Gasteiger partial charge in [0.05, 0.1) is 31.9 Å². The number of rotatable bonds is 18. The van der Waals surface area contributed by atoms with Crippen molar-refractivity contribution in [3.8, 4) is 0 Å². The third-order valence-corrected chi connectivity index (χ3v) is 5.93.